The molecule has 1 saturated heterocycles. The van der Waals surface area contributed by atoms with Gasteiger partial charge in [-0.1, -0.05) is 30.3 Å². The standard InChI is InChI=1S/C20H25N3O2/c1-21-19-16(10-6-12-22-19)20(24)23-13-7-11-18(25-2)17(23)14-15-8-4-3-5-9-15/h3-6,8-10,12,17-18H,7,11,13-14H2,1-2H3,(H,21,22)/t17-,18-/m0/s1. The molecular weight excluding hydrogens is 314 g/mol. The molecule has 3 rings (SSSR count). The number of hydrogen-bond acceptors (Lipinski definition) is 4. The minimum absolute atomic E-state index is 0.0140. The van der Waals surface area contributed by atoms with Crippen LogP contribution in [0.4, 0.5) is 5.82 Å². The van der Waals surface area contributed by atoms with Gasteiger partial charge in [0, 0.05) is 26.9 Å². The van der Waals surface area contributed by atoms with E-state index < -0.39 is 0 Å². The number of nitrogens with one attached hydrogen (secondary N) is 1. The van der Waals surface area contributed by atoms with Gasteiger partial charge in [-0.3, -0.25) is 4.79 Å². The molecule has 1 fully saturated rings. The molecule has 1 aliphatic heterocycles. The number of amides is 1. The van der Waals surface area contributed by atoms with E-state index in [1.807, 2.05) is 29.2 Å². The summed E-state index contributed by atoms with van der Waals surface area (Å²) in [7, 11) is 3.52. The molecule has 0 bridgehead atoms. The molecule has 1 aliphatic rings. The molecule has 0 saturated carbocycles. The molecule has 1 aromatic heterocycles. The number of carbonyl (C=O) groups excluding carboxylic acids is 1. The van der Waals surface area contributed by atoms with E-state index in [2.05, 4.69) is 22.4 Å². The molecule has 2 aromatic rings. The average molecular weight is 339 g/mol. The summed E-state index contributed by atoms with van der Waals surface area (Å²) in [6.07, 6.45) is 4.46. The van der Waals surface area contributed by atoms with Crippen molar-refractivity contribution in [2.24, 2.45) is 0 Å². The van der Waals surface area contributed by atoms with Crippen molar-refractivity contribution < 1.29 is 9.53 Å². The lowest BCUT2D eigenvalue weighted by Gasteiger charge is -2.41. The Morgan fingerprint density at radius 1 is 1.28 bits per heavy atom. The first kappa shape index (κ1) is 17.4. The Morgan fingerprint density at radius 2 is 2.08 bits per heavy atom. The number of aromatic nitrogens is 1. The highest BCUT2D eigenvalue weighted by Crippen LogP contribution is 2.26. The molecule has 5 heteroatoms. The molecule has 2 heterocycles. The third-order valence-electron chi connectivity index (χ3n) is 4.84. The molecule has 1 amide bonds. The largest absolute Gasteiger partial charge is 0.379 e. The van der Waals surface area contributed by atoms with E-state index in [9.17, 15) is 4.79 Å². The quantitative estimate of drug-likeness (QED) is 0.910. The van der Waals surface area contributed by atoms with Gasteiger partial charge >= 0.3 is 0 Å². The van der Waals surface area contributed by atoms with Crippen LogP contribution in [0.25, 0.3) is 0 Å². The summed E-state index contributed by atoms with van der Waals surface area (Å²) in [5.74, 6) is 0.630. The Kier molecular flexibility index (Phi) is 5.66. The van der Waals surface area contributed by atoms with Crippen LogP contribution in [-0.4, -0.2) is 48.6 Å². The Bertz CT molecular complexity index is 705. The summed E-state index contributed by atoms with van der Waals surface area (Å²) in [5.41, 5.74) is 1.83. The van der Waals surface area contributed by atoms with Gasteiger partial charge in [0.2, 0.25) is 0 Å². The zero-order chi connectivity index (χ0) is 17.6. The zero-order valence-corrected chi connectivity index (χ0v) is 14.8. The number of likely N-dealkylation sites (tertiary alicyclic amines) is 1. The number of pyridine rings is 1. The second-order valence-electron chi connectivity index (χ2n) is 6.32. The van der Waals surface area contributed by atoms with Gasteiger partial charge in [-0.25, -0.2) is 4.98 Å². The fourth-order valence-corrected chi connectivity index (χ4v) is 3.58. The summed E-state index contributed by atoms with van der Waals surface area (Å²) in [4.78, 5) is 19.5. The average Bonchev–Trinajstić information content (AvgIpc) is 2.68. The number of ether oxygens (including phenoxy) is 1. The first-order valence-electron chi connectivity index (χ1n) is 8.75. The number of rotatable bonds is 5. The van der Waals surface area contributed by atoms with E-state index in [-0.39, 0.29) is 18.1 Å². The van der Waals surface area contributed by atoms with Gasteiger partial charge in [-0.15, -0.1) is 0 Å². The fourth-order valence-electron chi connectivity index (χ4n) is 3.58. The molecule has 5 nitrogen and oxygen atoms in total. The van der Waals surface area contributed by atoms with Gasteiger partial charge in [0.1, 0.15) is 5.82 Å². The van der Waals surface area contributed by atoms with E-state index in [0.29, 0.717) is 11.4 Å². The molecule has 25 heavy (non-hydrogen) atoms. The lowest BCUT2D eigenvalue weighted by Crippen LogP contribution is -2.52. The van der Waals surface area contributed by atoms with Crippen LogP contribution in [0.2, 0.25) is 0 Å². The Balaban J connectivity index is 1.89. The first-order chi connectivity index (χ1) is 12.2. The molecule has 0 radical (unpaired) electrons. The molecule has 0 unspecified atom stereocenters. The normalized spacial score (nSPS) is 20.3. The van der Waals surface area contributed by atoms with Crippen molar-refractivity contribution in [3.8, 4) is 0 Å². The van der Waals surface area contributed by atoms with Crippen LogP contribution >= 0.6 is 0 Å². The number of methoxy groups -OCH3 is 1. The summed E-state index contributed by atoms with van der Waals surface area (Å²) in [6, 6.07) is 13.9. The second kappa shape index (κ2) is 8.12. The number of anilines is 1. The van der Waals surface area contributed by atoms with Crippen molar-refractivity contribution in [3.63, 3.8) is 0 Å². The molecule has 0 spiro atoms. The summed E-state index contributed by atoms with van der Waals surface area (Å²) >= 11 is 0. The second-order valence-corrected chi connectivity index (χ2v) is 6.32. The third-order valence-corrected chi connectivity index (χ3v) is 4.84. The number of nitrogens with zero attached hydrogens (tertiary/aromatic N) is 2. The van der Waals surface area contributed by atoms with Crippen LogP contribution in [0, 0.1) is 0 Å². The predicted octanol–water partition coefficient (Wildman–Crippen LogP) is 2.99. The predicted molar refractivity (Wildman–Crippen MR) is 98.8 cm³/mol. The van der Waals surface area contributed by atoms with E-state index >= 15 is 0 Å². The van der Waals surface area contributed by atoms with Gasteiger partial charge in [0.25, 0.3) is 5.91 Å². The van der Waals surface area contributed by atoms with Crippen molar-refractivity contribution >= 4 is 11.7 Å². The summed E-state index contributed by atoms with van der Waals surface area (Å²) in [6.45, 7) is 0.744. The SMILES string of the molecule is CNc1ncccc1C(=O)N1CCC[C@H](OC)[C@@H]1Cc1ccccc1. The van der Waals surface area contributed by atoms with Crippen LogP contribution in [0.5, 0.6) is 0 Å². The van der Waals surface area contributed by atoms with Crippen molar-refractivity contribution in [1.29, 1.82) is 0 Å². The fraction of sp³-hybridized carbons (Fsp3) is 0.400. The lowest BCUT2D eigenvalue weighted by atomic mass is 9.92. The van der Waals surface area contributed by atoms with Crippen LogP contribution in [0.3, 0.4) is 0 Å². The monoisotopic (exact) mass is 339 g/mol. The van der Waals surface area contributed by atoms with E-state index in [4.69, 9.17) is 4.74 Å². The third kappa shape index (κ3) is 3.82. The number of piperidine rings is 1. The lowest BCUT2D eigenvalue weighted by molar-refractivity contribution is -0.0117. The highest BCUT2D eigenvalue weighted by Gasteiger charge is 2.35. The Morgan fingerprint density at radius 3 is 2.80 bits per heavy atom. The van der Waals surface area contributed by atoms with Crippen LogP contribution in [-0.2, 0) is 11.2 Å². The van der Waals surface area contributed by atoms with Crippen molar-refractivity contribution in [1.82, 2.24) is 9.88 Å². The minimum Gasteiger partial charge on any atom is -0.379 e. The molecule has 0 aliphatic carbocycles. The Hall–Kier alpha value is -2.40. The summed E-state index contributed by atoms with van der Waals surface area (Å²) < 4.78 is 5.72. The Labute approximate surface area is 149 Å². The maximum absolute atomic E-state index is 13.2. The van der Waals surface area contributed by atoms with Gasteiger partial charge < -0.3 is 15.0 Å². The molecule has 1 N–H and O–H groups in total. The smallest absolute Gasteiger partial charge is 0.257 e. The molecule has 2 atom stereocenters. The van der Waals surface area contributed by atoms with Crippen molar-refractivity contribution in [2.75, 3.05) is 26.0 Å². The number of hydrogen-bond donors (Lipinski definition) is 1. The maximum atomic E-state index is 13.2. The molecular formula is C20H25N3O2. The summed E-state index contributed by atoms with van der Waals surface area (Å²) in [5, 5.41) is 3.02. The van der Waals surface area contributed by atoms with Gasteiger partial charge in [-0.05, 0) is 37.0 Å². The zero-order valence-electron chi connectivity index (χ0n) is 14.8. The topological polar surface area (TPSA) is 54.5 Å². The van der Waals surface area contributed by atoms with Crippen LogP contribution in [0.15, 0.2) is 48.7 Å². The molecule has 1 aromatic carbocycles. The highest BCUT2D eigenvalue weighted by atomic mass is 16.5. The van der Waals surface area contributed by atoms with Crippen LogP contribution < -0.4 is 5.32 Å². The van der Waals surface area contributed by atoms with E-state index in [1.165, 1.54) is 5.56 Å². The molecule has 132 valence electrons. The van der Waals surface area contributed by atoms with Crippen LogP contribution in [0.1, 0.15) is 28.8 Å². The van der Waals surface area contributed by atoms with Crippen molar-refractivity contribution in [3.05, 3.63) is 59.8 Å². The maximum Gasteiger partial charge on any atom is 0.257 e. The van der Waals surface area contributed by atoms with E-state index in [1.54, 1.807) is 26.4 Å². The van der Waals surface area contributed by atoms with Crippen molar-refractivity contribution in [2.45, 2.75) is 31.4 Å². The van der Waals surface area contributed by atoms with Gasteiger partial charge in [0.05, 0.1) is 17.7 Å². The highest BCUT2D eigenvalue weighted by molar-refractivity contribution is 5.99. The minimum atomic E-state index is 0.0140. The van der Waals surface area contributed by atoms with Gasteiger partial charge in [-0.2, -0.15) is 0 Å². The van der Waals surface area contributed by atoms with Gasteiger partial charge in [0.15, 0.2) is 0 Å². The number of benzene rings is 1. The van der Waals surface area contributed by atoms with E-state index in [0.717, 1.165) is 25.8 Å². The number of carbonyl (C=O) groups is 1. The first-order valence-corrected chi connectivity index (χ1v) is 8.75.